The number of amides is 3. The Hall–Kier alpha value is -3.83. The van der Waals surface area contributed by atoms with Crippen LogP contribution in [0.4, 0.5) is 14.4 Å². The molecule has 0 fully saturated rings. The molecule has 188 valence electrons. The number of carboxylic acids is 1. The Morgan fingerprint density at radius 3 is 1.82 bits per heavy atom. The third kappa shape index (κ3) is 12.9. The number of ether oxygens (including phenoxy) is 3. The average molecular weight is 481 g/mol. The van der Waals surface area contributed by atoms with Crippen LogP contribution in [0.3, 0.4) is 0 Å². The zero-order valence-electron chi connectivity index (χ0n) is 20.1. The van der Waals surface area contributed by atoms with E-state index in [1.54, 1.807) is 71.9 Å². The van der Waals surface area contributed by atoms with Crippen LogP contribution in [0.25, 0.3) is 0 Å². The van der Waals surface area contributed by atoms with Crippen LogP contribution in [0.2, 0.25) is 0 Å². The molecule has 12 nitrogen and oxygen atoms in total. The van der Waals surface area contributed by atoms with Gasteiger partial charge in [0.15, 0.2) is 0 Å². The van der Waals surface area contributed by atoms with E-state index in [9.17, 15) is 24.3 Å². The van der Waals surface area contributed by atoms with Crippen molar-refractivity contribution in [3.05, 3.63) is 35.9 Å². The van der Waals surface area contributed by atoms with E-state index in [-0.39, 0.29) is 6.61 Å². The summed E-state index contributed by atoms with van der Waals surface area (Å²) in [4.78, 5) is 51.7. The molecule has 1 aromatic carbocycles. The van der Waals surface area contributed by atoms with Gasteiger partial charge in [-0.05, 0) is 47.1 Å². The van der Waals surface area contributed by atoms with Crippen molar-refractivity contribution >= 4 is 30.2 Å². The lowest BCUT2D eigenvalue weighted by Crippen LogP contribution is -2.48. The summed E-state index contributed by atoms with van der Waals surface area (Å²) in [6.45, 7) is 9.20. The molecule has 1 unspecified atom stereocenters. The van der Waals surface area contributed by atoms with Gasteiger partial charge in [0.25, 0.3) is 0 Å². The first kappa shape index (κ1) is 28.2. The van der Waals surface area contributed by atoms with E-state index in [0.29, 0.717) is 5.56 Å². The second-order valence-electron chi connectivity index (χ2n) is 9.04. The van der Waals surface area contributed by atoms with Gasteiger partial charge < -0.3 is 24.6 Å². The van der Waals surface area contributed by atoms with Gasteiger partial charge in [0, 0.05) is 0 Å². The zero-order chi connectivity index (χ0) is 25.9. The summed E-state index contributed by atoms with van der Waals surface area (Å²) in [5, 5.41) is 16.0. The Kier molecular flexibility index (Phi) is 10.3. The minimum Gasteiger partial charge on any atom is -0.480 e. The fourth-order valence-corrected chi connectivity index (χ4v) is 2.19. The summed E-state index contributed by atoms with van der Waals surface area (Å²) >= 11 is 0. The predicted octanol–water partition coefficient (Wildman–Crippen LogP) is 2.77. The summed E-state index contributed by atoms with van der Waals surface area (Å²) in [6.07, 6.45) is -2.86. The third-order valence-electron chi connectivity index (χ3n) is 3.47. The maximum atomic E-state index is 12.1. The highest BCUT2D eigenvalue weighted by Crippen LogP contribution is 2.08. The van der Waals surface area contributed by atoms with E-state index in [0.717, 1.165) is 0 Å². The van der Waals surface area contributed by atoms with Crippen molar-refractivity contribution in [3.63, 3.8) is 0 Å². The van der Waals surface area contributed by atoms with Gasteiger partial charge in [0.1, 0.15) is 23.9 Å². The number of carbonyl (C=O) groups is 4. The van der Waals surface area contributed by atoms with Crippen molar-refractivity contribution in [2.24, 2.45) is 4.99 Å². The number of hydrogen-bond acceptors (Lipinski definition) is 8. The van der Waals surface area contributed by atoms with Crippen molar-refractivity contribution in [2.75, 3.05) is 6.54 Å². The van der Waals surface area contributed by atoms with Crippen LogP contribution in [0.5, 0.6) is 0 Å². The lowest BCUT2D eigenvalue weighted by atomic mass is 10.2. The first-order chi connectivity index (χ1) is 15.6. The van der Waals surface area contributed by atoms with Crippen LogP contribution < -0.4 is 16.0 Å². The summed E-state index contributed by atoms with van der Waals surface area (Å²) in [5.41, 5.74) is -0.961. The topological polar surface area (TPSA) is 165 Å². The molecule has 0 spiro atoms. The van der Waals surface area contributed by atoms with Gasteiger partial charge in [-0.2, -0.15) is 0 Å². The second kappa shape index (κ2) is 12.4. The molecule has 0 aliphatic heterocycles. The highest BCUT2D eigenvalue weighted by atomic mass is 16.6. The van der Waals surface area contributed by atoms with Crippen molar-refractivity contribution in [2.45, 2.75) is 65.4 Å². The molecular formula is C22H32N4O8. The maximum Gasteiger partial charge on any atom is 0.414 e. The summed E-state index contributed by atoms with van der Waals surface area (Å²) in [5.74, 6) is -1.83. The van der Waals surface area contributed by atoms with Crippen LogP contribution in [0, 0.1) is 0 Å². The van der Waals surface area contributed by atoms with E-state index in [2.05, 4.69) is 20.9 Å². The maximum absolute atomic E-state index is 12.1. The lowest BCUT2D eigenvalue weighted by Gasteiger charge is -2.22. The van der Waals surface area contributed by atoms with E-state index in [4.69, 9.17) is 14.2 Å². The summed E-state index contributed by atoms with van der Waals surface area (Å²) < 4.78 is 15.2. The van der Waals surface area contributed by atoms with E-state index in [1.165, 1.54) is 0 Å². The number of nitrogens with zero attached hydrogens (tertiary/aromatic N) is 1. The van der Waals surface area contributed by atoms with Gasteiger partial charge >= 0.3 is 24.2 Å². The molecular weight excluding hydrogens is 448 g/mol. The molecule has 0 bridgehead atoms. The van der Waals surface area contributed by atoms with E-state index in [1.807, 2.05) is 0 Å². The van der Waals surface area contributed by atoms with Crippen molar-refractivity contribution in [1.82, 2.24) is 16.0 Å². The third-order valence-corrected chi connectivity index (χ3v) is 3.47. The number of benzene rings is 1. The molecule has 1 aromatic rings. The van der Waals surface area contributed by atoms with Crippen molar-refractivity contribution < 1.29 is 38.5 Å². The van der Waals surface area contributed by atoms with Gasteiger partial charge in [-0.3, -0.25) is 10.6 Å². The number of guanidine groups is 1. The molecule has 0 aliphatic rings. The van der Waals surface area contributed by atoms with Gasteiger partial charge in [0.2, 0.25) is 5.96 Å². The number of carboxylic acid groups (broad SMARTS) is 1. The Morgan fingerprint density at radius 2 is 1.38 bits per heavy atom. The second-order valence-corrected chi connectivity index (χ2v) is 9.04. The first-order valence-corrected chi connectivity index (χ1v) is 10.4. The molecule has 0 radical (unpaired) electrons. The number of aliphatic imine (C=N–C) groups is 1. The Balaban J connectivity index is 2.87. The molecule has 3 amide bonds. The SMILES string of the molecule is CC(C)(C)OC(=O)NC(=NCC(NC(=O)OCc1ccccc1)C(=O)O)NC(=O)OC(C)(C)C. The summed E-state index contributed by atoms with van der Waals surface area (Å²) in [7, 11) is 0. The highest BCUT2D eigenvalue weighted by Gasteiger charge is 2.24. The minimum atomic E-state index is -1.51. The highest BCUT2D eigenvalue weighted by molar-refractivity contribution is 6.01. The molecule has 0 saturated carbocycles. The first-order valence-electron chi connectivity index (χ1n) is 10.4. The molecule has 1 atom stereocenters. The van der Waals surface area contributed by atoms with Crippen LogP contribution in [0.15, 0.2) is 35.3 Å². The van der Waals surface area contributed by atoms with Gasteiger partial charge in [-0.15, -0.1) is 0 Å². The number of carbonyl (C=O) groups excluding carboxylic acids is 3. The Bertz CT molecular complexity index is 856. The Labute approximate surface area is 198 Å². The van der Waals surface area contributed by atoms with Gasteiger partial charge in [-0.25, -0.2) is 24.2 Å². The smallest absolute Gasteiger partial charge is 0.414 e. The zero-order valence-corrected chi connectivity index (χ0v) is 20.1. The molecule has 34 heavy (non-hydrogen) atoms. The monoisotopic (exact) mass is 480 g/mol. The normalized spacial score (nSPS) is 11.9. The molecule has 4 N–H and O–H groups in total. The van der Waals surface area contributed by atoms with Crippen molar-refractivity contribution in [3.8, 4) is 0 Å². The largest absolute Gasteiger partial charge is 0.480 e. The number of hydrogen-bond donors (Lipinski definition) is 4. The minimum absolute atomic E-state index is 0.0616. The number of alkyl carbamates (subject to hydrolysis) is 3. The lowest BCUT2D eigenvalue weighted by molar-refractivity contribution is -0.139. The molecule has 12 heteroatoms. The van der Waals surface area contributed by atoms with E-state index < -0.39 is 54.0 Å². The van der Waals surface area contributed by atoms with Gasteiger partial charge in [-0.1, -0.05) is 30.3 Å². The number of rotatable bonds is 6. The van der Waals surface area contributed by atoms with Crippen LogP contribution in [0.1, 0.15) is 47.1 Å². The van der Waals surface area contributed by atoms with Crippen LogP contribution in [-0.2, 0) is 25.6 Å². The predicted molar refractivity (Wildman–Crippen MR) is 122 cm³/mol. The fourth-order valence-electron chi connectivity index (χ4n) is 2.19. The molecule has 0 heterocycles. The van der Waals surface area contributed by atoms with E-state index >= 15 is 0 Å². The number of nitrogens with one attached hydrogen (secondary N) is 3. The van der Waals surface area contributed by atoms with Crippen LogP contribution in [-0.4, -0.2) is 59.1 Å². The quantitative estimate of drug-likeness (QED) is 0.274. The number of aliphatic carboxylic acids is 1. The van der Waals surface area contributed by atoms with Crippen molar-refractivity contribution in [1.29, 1.82) is 0 Å². The Morgan fingerprint density at radius 1 is 0.882 bits per heavy atom. The fraction of sp³-hybridized carbons (Fsp3) is 0.500. The summed E-state index contributed by atoms with van der Waals surface area (Å²) in [6, 6.07) is 7.30. The average Bonchev–Trinajstić information content (AvgIpc) is 2.67. The van der Waals surface area contributed by atoms with Gasteiger partial charge in [0.05, 0.1) is 6.54 Å². The molecule has 0 aliphatic carbocycles. The molecule has 0 aromatic heterocycles. The standard InChI is InChI=1S/C22H32N4O8/c1-21(2,3)33-19(30)25-17(26-20(31)34-22(4,5)6)23-12-15(16(27)28)24-18(29)32-13-14-10-8-7-9-11-14/h7-11,15H,12-13H2,1-6H3,(H,24,29)(H,27,28)(H2,23,25,26,30,31). The molecule has 0 saturated heterocycles. The van der Waals surface area contributed by atoms with Crippen LogP contribution >= 0.6 is 0 Å². The molecule has 1 rings (SSSR count).